The summed E-state index contributed by atoms with van der Waals surface area (Å²) >= 11 is 0. The first-order valence-electron chi connectivity index (χ1n) is 5.03. The molecule has 4 nitrogen and oxygen atoms in total. The van der Waals surface area contributed by atoms with Crippen LogP contribution in [0.4, 0.5) is 0 Å². The first-order valence-corrected chi connectivity index (χ1v) is 5.03. The van der Waals surface area contributed by atoms with Crippen LogP contribution in [-0.4, -0.2) is 22.0 Å². The van der Waals surface area contributed by atoms with Gasteiger partial charge in [0.05, 0.1) is 18.5 Å². The number of hydrogen-bond donors (Lipinski definition) is 1. The average molecular weight is 218 g/mol. The number of nitrogens with zero attached hydrogens (tertiary/aromatic N) is 2. The van der Waals surface area contributed by atoms with Gasteiger partial charge in [-0.25, -0.2) is 4.68 Å². The third-order valence-electron chi connectivity index (χ3n) is 2.63. The van der Waals surface area contributed by atoms with Crippen molar-refractivity contribution < 1.29 is 9.84 Å². The van der Waals surface area contributed by atoms with Crippen LogP contribution in [0.3, 0.4) is 0 Å². The quantitative estimate of drug-likeness (QED) is 0.840. The van der Waals surface area contributed by atoms with Crippen LogP contribution < -0.4 is 4.74 Å². The van der Waals surface area contributed by atoms with Crippen molar-refractivity contribution in [3.05, 3.63) is 35.5 Å². The number of aromatic nitrogens is 2. The van der Waals surface area contributed by atoms with Crippen LogP contribution in [0.5, 0.6) is 11.6 Å². The highest BCUT2D eigenvalue weighted by Gasteiger charge is 2.11. The molecule has 0 amide bonds. The first kappa shape index (κ1) is 10.5. The van der Waals surface area contributed by atoms with Crippen LogP contribution in [0.2, 0.25) is 0 Å². The molecule has 1 aromatic heterocycles. The maximum Gasteiger partial charge on any atom is 0.217 e. The molecule has 0 aliphatic heterocycles. The molecule has 1 N–H and O–H groups in total. The third-order valence-corrected chi connectivity index (χ3v) is 2.63. The average Bonchev–Trinajstić information content (AvgIpc) is 2.57. The van der Waals surface area contributed by atoms with E-state index in [0.717, 1.165) is 22.7 Å². The smallest absolute Gasteiger partial charge is 0.217 e. The highest BCUT2D eigenvalue weighted by Crippen LogP contribution is 2.25. The Hall–Kier alpha value is -1.97. The third kappa shape index (κ3) is 1.62. The van der Waals surface area contributed by atoms with Gasteiger partial charge >= 0.3 is 0 Å². The molecule has 1 aromatic carbocycles. The summed E-state index contributed by atoms with van der Waals surface area (Å²) in [6.45, 7) is 3.71. The van der Waals surface area contributed by atoms with Crippen LogP contribution in [0.25, 0.3) is 5.69 Å². The van der Waals surface area contributed by atoms with Gasteiger partial charge in [0, 0.05) is 11.6 Å². The minimum atomic E-state index is 0.172. The van der Waals surface area contributed by atoms with Crippen molar-refractivity contribution in [2.75, 3.05) is 7.11 Å². The number of ether oxygens (including phenoxy) is 1. The highest BCUT2D eigenvalue weighted by molar-refractivity contribution is 5.43. The van der Waals surface area contributed by atoms with E-state index in [0.29, 0.717) is 0 Å². The molecule has 0 unspecified atom stereocenters. The predicted octanol–water partition coefficient (Wildman–Crippen LogP) is 2.20. The summed E-state index contributed by atoms with van der Waals surface area (Å²) in [5, 5.41) is 14.2. The van der Waals surface area contributed by atoms with Crippen molar-refractivity contribution in [2.45, 2.75) is 13.8 Å². The molecule has 0 aliphatic carbocycles. The van der Waals surface area contributed by atoms with Crippen molar-refractivity contribution in [2.24, 2.45) is 0 Å². The van der Waals surface area contributed by atoms with E-state index in [9.17, 15) is 5.11 Å². The molecular weight excluding hydrogens is 204 g/mol. The second-order valence-corrected chi connectivity index (χ2v) is 3.65. The van der Waals surface area contributed by atoms with Gasteiger partial charge in [0.15, 0.2) is 0 Å². The molecule has 2 rings (SSSR count). The molecular formula is C12H14N2O2. The lowest BCUT2D eigenvalue weighted by molar-refractivity contribution is 0.412. The fraction of sp³-hybridized carbons (Fsp3) is 0.250. The number of methoxy groups -OCH3 is 1. The fourth-order valence-electron chi connectivity index (χ4n) is 1.52. The standard InChI is InChI=1S/C12H14N2O2/c1-8-9(2)13-14(12(8)15)10-5-4-6-11(7-10)16-3/h4-7,15H,1-3H3. The summed E-state index contributed by atoms with van der Waals surface area (Å²) in [7, 11) is 1.61. The van der Waals surface area contributed by atoms with Gasteiger partial charge in [-0.2, -0.15) is 5.10 Å². The molecule has 0 saturated heterocycles. The molecule has 0 atom stereocenters. The Morgan fingerprint density at radius 3 is 2.62 bits per heavy atom. The van der Waals surface area contributed by atoms with Crippen LogP contribution in [0.15, 0.2) is 24.3 Å². The van der Waals surface area contributed by atoms with Crippen LogP contribution in [-0.2, 0) is 0 Å². The molecule has 0 radical (unpaired) electrons. The Morgan fingerprint density at radius 2 is 2.06 bits per heavy atom. The van der Waals surface area contributed by atoms with E-state index in [-0.39, 0.29) is 5.88 Å². The van der Waals surface area contributed by atoms with Crippen LogP contribution >= 0.6 is 0 Å². The molecule has 16 heavy (non-hydrogen) atoms. The maximum atomic E-state index is 9.90. The van der Waals surface area contributed by atoms with E-state index in [1.165, 1.54) is 4.68 Å². The van der Waals surface area contributed by atoms with E-state index in [4.69, 9.17) is 4.74 Å². The summed E-state index contributed by atoms with van der Waals surface area (Å²) in [6, 6.07) is 7.41. The molecule has 0 aliphatic rings. The molecule has 0 fully saturated rings. The zero-order valence-corrected chi connectivity index (χ0v) is 9.56. The Labute approximate surface area is 94.1 Å². The summed E-state index contributed by atoms with van der Waals surface area (Å²) in [6.07, 6.45) is 0. The van der Waals surface area contributed by atoms with Gasteiger partial charge in [0.25, 0.3) is 0 Å². The van der Waals surface area contributed by atoms with E-state index >= 15 is 0 Å². The van der Waals surface area contributed by atoms with Crippen LogP contribution in [0, 0.1) is 13.8 Å². The molecule has 0 saturated carbocycles. The van der Waals surface area contributed by atoms with Crippen molar-refractivity contribution in [3.63, 3.8) is 0 Å². The molecule has 0 bridgehead atoms. The van der Waals surface area contributed by atoms with E-state index in [1.54, 1.807) is 7.11 Å². The maximum absolute atomic E-state index is 9.90. The second kappa shape index (κ2) is 3.89. The lowest BCUT2D eigenvalue weighted by Gasteiger charge is -2.05. The Bertz CT molecular complexity index is 518. The van der Waals surface area contributed by atoms with E-state index in [2.05, 4.69) is 5.10 Å². The van der Waals surface area contributed by atoms with Gasteiger partial charge in [-0.1, -0.05) is 6.07 Å². The summed E-state index contributed by atoms with van der Waals surface area (Å²) < 4.78 is 6.64. The van der Waals surface area contributed by atoms with Gasteiger partial charge in [0.1, 0.15) is 5.75 Å². The molecule has 0 spiro atoms. The fourth-order valence-corrected chi connectivity index (χ4v) is 1.52. The number of hydrogen-bond acceptors (Lipinski definition) is 3. The largest absolute Gasteiger partial charge is 0.497 e. The monoisotopic (exact) mass is 218 g/mol. The van der Waals surface area contributed by atoms with Crippen molar-refractivity contribution in [3.8, 4) is 17.3 Å². The molecule has 2 aromatic rings. The Kier molecular flexibility index (Phi) is 2.56. The zero-order chi connectivity index (χ0) is 11.7. The van der Waals surface area contributed by atoms with Crippen molar-refractivity contribution >= 4 is 0 Å². The minimum absolute atomic E-state index is 0.172. The van der Waals surface area contributed by atoms with Gasteiger partial charge in [-0.3, -0.25) is 0 Å². The second-order valence-electron chi connectivity index (χ2n) is 3.65. The Morgan fingerprint density at radius 1 is 1.31 bits per heavy atom. The SMILES string of the molecule is COc1cccc(-n2nc(C)c(C)c2O)c1. The molecule has 4 heteroatoms. The van der Waals surface area contributed by atoms with Gasteiger partial charge < -0.3 is 9.84 Å². The first-order chi connectivity index (χ1) is 7.63. The number of aromatic hydroxyl groups is 1. The molecule has 1 heterocycles. The topological polar surface area (TPSA) is 47.3 Å². The predicted molar refractivity (Wildman–Crippen MR) is 61.3 cm³/mol. The summed E-state index contributed by atoms with van der Waals surface area (Å²) in [5.74, 6) is 0.911. The van der Waals surface area contributed by atoms with Gasteiger partial charge in [-0.15, -0.1) is 0 Å². The highest BCUT2D eigenvalue weighted by atomic mass is 16.5. The summed E-state index contributed by atoms with van der Waals surface area (Å²) in [4.78, 5) is 0. The minimum Gasteiger partial charge on any atom is -0.497 e. The lowest BCUT2D eigenvalue weighted by Crippen LogP contribution is -1.96. The molecule has 84 valence electrons. The zero-order valence-electron chi connectivity index (χ0n) is 9.56. The number of benzene rings is 1. The lowest BCUT2D eigenvalue weighted by atomic mass is 10.3. The van der Waals surface area contributed by atoms with Gasteiger partial charge in [0.2, 0.25) is 5.88 Å². The van der Waals surface area contributed by atoms with Crippen molar-refractivity contribution in [1.82, 2.24) is 9.78 Å². The number of rotatable bonds is 2. The van der Waals surface area contributed by atoms with E-state index < -0.39 is 0 Å². The number of aryl methyl sites for hydroxylation is 1. The van der Waals surface area contributed by atoms with E-state index in [1.807, 2.05) is 38.1 Å². The normalized spacial score (nSPS) is 10.4. The van der Waals surface area contributed by atoms with Crippen LogP contribution in [0.1, 0.15) is 11.3 Å². The summed E-state index contributed by atoms with van der Waals surface area (Å²) in [5.41, 5.74) is 2.40. The van der Waals surface area contributed by atoms with Gasteiger partial charge in [-0.05, 0) is 26.0 Å². The Balaban J connectivity index is 2.54. The van der Waals surface area contributed by atoms with Crippen molar-refractivity contribution in [1.29, 1.82) is 0 Å².